The molecule has 0 aromatic rings. The molecule has 0 aromatic heterocycles. The first-order valence-electron chi connectivity index (χ1n) is 9.89. The van der Waals surface area contributed by atoms with Crippen molar-refractivity contribution in [1.82, 2.24) is 15.5 Å². The third-order valence-corrected chi connectivity index (χ3v) is 7.23. The Hall–Kier alpha value is -0.713. The summed E-state index contributed by atoms with van der Waals surface area (Å²) in [5.74, 6) is 0. The highest BCUT2D eigenvalue weighted by atomic mass is 28.4. The first-order valence-corrected chi connectivity index (χ1v) is 11.8. The molecule has 0 saturated carbocycles. The molecule has 8 nitrogen and oxygen atoms in total. The molecule has 1 rings (SSSR count). The highest BCUT2D eigenvalue weighted by molar-refractivity contribution is 6.60. The first-order chi connectivity index (χ1) is 12.7. The zero-order valence-corrected chi connectivity index (χ0v) is 17.7. The van der Waals surface area contributed by atoms with Crippen molar-refractivity contribution < 1.29 is 22.8 Å². The van der Waals surface area contributed by atoms with Crippen LogP contribution in [0, 0.1) is 0 Å². The molecule has 0 spiro atoms. The summed E-state index contributed by atoms with van der Waals surface area (Å²) in [6.45, 7) is 13.4. The lowest BCUT2D eigenvalue weighted by molar-refractivity contribution is 0.0375. The van der Waals surface area contributed by atoms with Gasteiger partial charge >= 0.3 is 14.8 Å². The lowest BCUT2D eigenvalue weighted by atomic mass is 10.3. The zero-order valence-electron chi connectivity index (χ0n) is 16.7. The van der Waals surface area contributed by atoms with Crippen molar-refractivity contribution in [2.75, 3.05) is 65.8 Å². The number of hydrogen-bond donors (Lipinski definition) is 2. The van der Waals surface area contributed by atoms with Gasteiger partial charge in [0.2, 0.25) is 0 Å². The number of nitrogens with one attached hydrogen (secondary N) is 2. The van der Waals surface area contributed by atoms with Crippen LogP contribution in [0.3, 0.4) is 0 Å². The maximum Gasteiger partial charge on any atom is 0.500 e. The lowest BCUT2D eigenvalue weighted by Gasteiger charge is -2.28. The topological polar surface area (TPSA) is 81.3 Å². The number of carbonyl (C=O) groups excluding carboxylic acids is 1. The molecule has 0 atom stereocenters. The maximum atomic E-state index is 11.9. The van der Waals surface area contributed by atoms with Gasteiger partial charge in [0.1, 0.15) is 0 Å². The molecule has 1 aliphatic heterocycles. The highest BCUT2D eigenvalue weighted by Crippen LogP contribution is 2.17. The monoisotopic (exact) mass is 391 g/mol. The number of ether oxygens (including phenoxy) is 1. The minimum absolute atomic E-state index is 0.122. The third kappa shape index (κ3) is 9.84. The predicted octanol–water partition coefficient (Wildman–Crippen LogP) is 1.45. The van der Waals surface area contributed by atoms with E-state index in [1.807, 2.05) is 20.8 Å². The molecule has 1 fully saturated rings. The number of amides is 2. The van der Waals surface area contributed by atoms with E-state index in [1.54, 1.807) is 0 Å². The number of nitrogens with zero attached hydrogens (tertiary/aromatic N) is 1. The van der Waals surface area contributed by atoms with Crippen LogP contribution in [0.15, 0.2) is 0 Å². The van der Waals surface area contributed by atoms with Crippen molar-refractivity contribution in [3.05, 3.63) is 0 Å². The molecule has 0 bridgehead atoms. The number of carbonyl (C=O) groups is 1. The van der Waals surface area contributed by atoms with Crippen LogP contribution >= 0.6 is 0 Å². The summed E-state index contributed by atoms with van der Waals surface area (Å²) in [4.78, 5) is 14.2. The molecular formula is C17H37N3O5Si. The fourth-order valence-electron chi connectivity index (χ4n) is 2.90. The maximum absolute atomic E-state index is 11.9. The summed E-state index contributed by atoms with van der Waals surface area (Å²) in [6, 6.07) is 0.586. The van der Waals surface area contributed by atoms with Gasteiger partial charge in [-0.1, -0.05) is 0 Å². The Morgan fingerprint density at radius 3 is 2.04 bits per heavy atom. The van der Waals surface area contributed by atoms with E-state index in [9.17, 15) is 4.79 Å². The van der Waals surface area contributed by atoms with Gasteiger partial charge in [0.15, 0.2) is 0 Å². The molecular weight excluding hydrogens is 354 g/mol. The summed E-state index contributed by atoms with van der Waals surface area (Å²) in [7, 11) is -2.61. The molecule has 1 saturated heterocycles. The number of rotatable bonds is 14. The van der Waals surface area contributed by atoms with Gasteiger partial charge < -0.3 is 28.6 Å². The lowest BCUT2D eigenvalue weighted by Crippen LogP contribution is -2.46. The van der Waals surface area contributed by atoms with Crippen LogP contribution in [0.1, 0.15) is 33.6 Å². The molecule has 0 radical (unpaired) electrons. The largest absolute Gasteiger partial charge is 0.500 e. The fourth-order valence-corrected chi connectivity index (χ4v) is 5.51. The van der Waals surface area contributed by atoms with E-state index in [2.05, 4.69) is 15.5 Å². The standard InChI is InChI=1S/C17H37N3O5Si/c1-4-23-26(24-5-2,25-6-3)16-8-10-19-17(21)18-9-7-11-20-12-14-22-15-13-20/h4-16H2,1-3H3,(H2,18,19,21). The summed E-state index contributed by atoms with van der Waals surface area (Å²) < 4.78 is 22.7. The van der Waals surface area contributed by atoms with E-state index >= 15 is 0 Å². The van der Waals surface area contributed by atoms with Crippen LogP contribution in [-0.4, -0.2) is 85.5 Å². The normalized spacial score (nSPS) is 15.8. The minimum Gasteiger partial charge on any atom is -0.379 e. The molecule has 26 heavy (non-hydrogen) atoms. The second-order valence-electron chi connectivity index (χ2n) is 6.08. The third-order valence-electron chi connectivity index (χ3n) is 4.08. The van der Waals surface area contributed by atoms with Crippen LogP contribution in [0.5, 0.6) is 0 Å². The van der Waals surface area contributed by atoms with Gasteiger partial charge in [-0.05, 0) is 40.2 Å². The first kappa shape index (κ1) is 23.3. The van der Waals surface area contributed by atoms with Crippen molar-refractivity contribution in [3.8, 4) is 0 Å². The molecule has 2 N–H and O–H groups in total. The minimum atomic E-state index is -2.61. The van der Waals surface area contributed by atoms with Crippen molar-refractivity contribution in [1.29, 1.82) is 0 Å². The van der Waals surface area contributed by atoms with Crippen molar-refractivity contribution in [3.63, 3.8) is 0 Å². The van der Waals surface area contributed by atoms with E-state index in [0.717, 1.165) is 45.7 Å². The number of urea groups is 1. The van der Waals surface area contributed by atoms with Crippen LogP contribution in [0.25, 0.3) is 0 Å². The average molecular weight is 392 g/mol. The summed E-state index contributed by atoms with van der Waals surface area (Å²) in [6.07, 6.45) is 1.72. The van der Waals surface area contributed by atoms with Gasteiger partial charge in [-0.25, -0.2) is 4.79 Å². The van der Waals surface area contributed by atoms with Gasteiger partial charge in [0.05, 0.1) is 13.2 Å². The Morgan fingerprint density at radius 2 is 1.50 bits per heavy atom. The van der Waals surface area contributed by atoms with E-state index in [0.29, 0.717) is 39.0 Å². The molecule has 1 heterocycles. The fraction of sp³-hybridized carbons (Fsp3) is 0.941. The van der Waals surface area contributed by atoms with E-state index in [4.69, 9.17) is 18.0 Å². The Morgan fingerprint density at radius 1 is 0.962 bits per heavy atom. The Balaban J connectivity index is 2.13. The van der Waals surface area contributed by atoms with E-state index in [1.165, 1.54) is 0 Å². The van der Waals surface area contributed by atoms with Crippen molar-refractivity contribution in [2.45, 2.75) is 39.7 Å². The predicted molar refractivity (Wildman–Crippen MR) is 103 cm³/mol. The van der Waals surface area contributed by atoms with Gasteiger partial charge in [0.25, 0.3) is 0 Å². The van der Waals surface area contributed by atoms with Gasteiger partial charge in [-0.2, -0.15) is 0 Å². The quantitative estimate of drug-likeness (QED) is 0.345. The van der Waals surface area contributed by atoms with Crippen molar-refractivity contribution >= 4 is 14.8 Å². The summed E-state index contributed by atoms with van der Waals surface area (Å²) >= 11 is 0. The molecule has 0 aliphatic carbocycles. The Kier molecular flexibility index (Phi) is 12.9. The van der Waals surface area contributed by atoms with Gasteiger partial charge in [0, 0.05) is 52.0 Å². The number of hydrogen-bond acceptors (Lipinski definition) is 6. The number of morpholine rings is 1. The van der Waals surface area contributed by atoms with Gasteiger partial charge in [-0.3, -0.25) is 4.90 Å². The molecule has 0 unspecified atom stereocenters. The van der Waals surface area contributed by atoms with E-state index < -0.39 is 8.80 Å². The average Bonchev–Trinajstić information content (AvgIpc) is 2.64. The SMILES string of the molecule is CCO[Si](CCCNC(=O)NCCCN1CCOCC1)(OCC)OCC. The summed E-state index contributed by atoms with van der Waals surface area (Å²) in [5.41, 5.74) is 0. The molecule has 2 amide bonds. The smallest absolute Gasteiger partial charge is 0.379 e. The van der Waals surface area contributed by atoms with Crippen LogP contribution in [-0.2, 0) is 18.0 Å². The second-order valence-corrected chi connectivity index (χ2v) is 8.81. The molecule has 1 aliphatic rings. The highest BCUT2D eigenvalue weighted by Gasteiger charge is 2.39. The molecule has 0 aromatic carbocycles. The molecule has 9 heteroatoms. The second kappa shape index (κ2) is 14.4. The van der Waals surface area contributed by atoms with Crippen LogP contribution in [0.4, 0.5) is 4.79 Å². The Bertz CT molecular complexity index is 353. The summed E-state index contributed by atoms with van der Waals surface area (Å²) in [5, 5.41) is 5.80. The zero-order chi connectivity index (χ0) is 19.1. The molecule has 154 valence electrons. The van der Waals surface area contributed by atoms with Crippen LogP contribution in [0.2, 0.25) is 6.04 Å². The van der Waals surface area contributed by atoms with E-state index in [-0.39, 0.29) is 6.03 Å². The van der Waals surface area contributed by atoms with Crippen molar-refractivity contribution in [2.24, 2.45) is 0 Å². The van der Waals surface area contributed by atoms with Gasteiger partial charge in [-0.15, -0.1) is 0 Å². The van der Waals surface area contributed by atoms with Crippen LogP contribution < -0.4 is 10.6 Å². The Labute approximate surface area is 159 Å².